The van der Waals surface area contributed by atoms with Crippen LogP contribution in [0.5, 0.6) is 0 Å². The van der Waals surface area contributed by atoms with Gasteiger partial charge in [-0.15, -0.1) is 0 Å². The first-order chi connectivity index (χ1) is 6.86. The van der Waals surface area contributed by atoms with E-state index in [2.05, 4.69) is 0 Å². The van der Waals surface area contributed by atoms with Crippen molar-refractivity contribution in [2.24, 2.45) is 5.14 Å². The topological polar surface area (TPSA) is 104 Å². The molecule has 1 aliphatic rings. The maximum atomic E-state index is 11.4. The molecule has 1 amide bonds. The molecule has 2 N–H and O–H groups in total. The highest BCUT2D eigenvalue weighted by atomic mass is 32.2. The lowest BCUT2D eigenvalue weighted by Crippen LogP contribution is -2.31. The second kappa shape index (κ2) is 4.00. The van der Waals surface area contributed by atoms with Crippen molar-refractivity contribution in [1.82, 2.24) is 4.90 Å². The smallest absolute Gasteiger partial charge is 0.228 e. The van der Waals surface area contributed by atoms with E-state index in [1.54, 1.807) is 13.0 Å². The molecule has 1 saturated heterocycles. The van der Waals surface area contributed by atoms with Crippen molar-refractivity contribution >= 4 is 15.9 Å². The molecule has 1 fully saturated rings. The maximum Gasteiger partial charge on any atom is 0.228 e. The van der Waals surface area contributed by atoms with Gasteiger partial charge in [0.2, 0.25) is 15.9 Å². The summed E-state index contributed by atoms with van der Waals surface area (Å²) in [4.78, 5) is 12.7. The zero-order chi connectivity index (χ0) is 11.6. The van der Waals surface area contributed by atoms with Gasteiger partial charge in [0.15, 0.2) is 0 Å². The second-order valence-electron chi connectivity index (χ2n) is 3.33. The first-order valence-corrected chi connectivity index (χ1v) is 5.85. The average molecular weight is 229 g/mol. The SMILES string of the molecule is CC(=CC#N)N1CC(S(N)(=O)=O)CC1=O. The summed E-state index contributed by atoms with van der Waals surface area (Å²) in [7, 11) is -3.69. The number of sulfonamides is 1. The standard InChI is InChI=1S/C8H11N3O3S/c1-6(2-3-9)11-5-7(4-8(11)12)15(10,13)14/h2,7H,4-5H2,1H3,(H2,10,13,14). The third kappa shape index (κ3) is 2.55. The molecule has 0 radical (unpaired) electrons. The molecule has 0 aliphatic carbocycles. The summed E-state index contributed by atoms with van der Waals surface area (Å²) in [5, 5.41) is 12.5. The molecule has 1 rings (SSSR count). The number of hydrogen-bond acceptors (Lipinski definition) is 4. The third-order valence-corrected chi connectivity index (χ3v) is 3.50. The summed E-state index contributed by atoms with van der Waals surface area (Å²) in [5.41, 5.74) is 0.439. The molecule has 0 saturated carbocycles. The zero-order valence-electron chi connectivity index (χ0n) is 8.17. The Labute approximate surface area is 88.0 Å². The van der Waals surface area contributed by atoms with E-state index in [4.69, 9.17) is 10.4 Å². The maximum absolute atomic E-state index is 11.4. The minimum absolute atomic E-state index is 0.0294. The number of hydrogen-bond donors (Lipinski definition) is 1. The minimum Gasteiger partial charge on any atom is -0.314 e. The highest BCUT2D eigenvalue weighted by molar-refractivity contribution is 7.89. The molecule has 1 atom stereocenters. The van der Waals surface area contributed by atoms with Gasteiger partial charge in [0.1, 0.15) is 5.25 Å². The van der Waals surface area contributed by atoms with Crippen LogP contribution in [0.4, 0.5) is 0 Å². The summed E-state index contributed by atoms with van der Waals surface area (Å²) in [6, 6.07) is 1.78. The molecule has 1 unspecified atom stereocenters. The van der Waals surface area contributed by atoms with Crippen LogP contribution in [0.1, 0.15) is 13.3 Å². The van der Waals surface area contributed by atoms with E-state index >= 15 is 0 Å². The Kier molecular flexibility index (Phi) is 3.12. The fourth-order valence-electron chi connectivity index (χ4n) is 1.41. The first kappa shape index (κ1) is 11.7. The van der Waals surface area contributed by atoms with Gasteiger partial charge >= 0.3 is 0 Å². The van der Waals surface area contributed by atoms with Crippen LogP contribution in [-0.4, -0.2) is 31.0 Å². The summed E-state index contributed by atoms with van der Waals surface area (Å²) in [6.45, 7) is 1.61. The number of nitriles is 1. The fraction of sp³-hybridized carbons (Fsp3) is 0.500. The Morgan fingerprint density at radius 1 is 1.73 bits per heavy atom. The van der Waals surface area contributed by atoms with Crippen LogP contribution in [0.25, 0.3) is 0 Å². The van der Waals surface area contributed by atoms with E-state index in [1.165, 1.54) is 11.0 Å². The van der Waals surface area contributed by atoms with E-state index in [0.717, 1.165) is 0 Å². The predicted octanol–water partition coefficient (Wildman–Crippen LogP) is -0.697. The van der Waals surface area contributed by atoms with Gasteiger partial charge in [0.05, 0.1) is 6.07 Å². The van der Waals surface area contributed by atoms with Crippen LogP contribution in [0, 0.1) is 11.3 Å². The van der Waals surface area contributed by atoms with Crippen LogP contribution < -0.4 is 5.14 Å². The number of carbonyl (C=O) groups excluding carboxylic acids is 1. The predicted molar refractivity (Wildman–Crippen MR) is 52.6 cm³/mol. The normalized spacial score (nSPS) is 23.0. The van der Waals surface area contributed by atoms with Crippen molar-refractivity contribution < 1.29 is 13.2 Å². The Morgan fingerprint density at radius 3 is 2.73 bits per heavy atom. The number of amides is 1. The Hall–Kier alpha value is -1.39. The number of nitrogens with zero attached hydrogens (tertiary/aromatic N) is 2. The molecule has 0 bridgehead atoms. The molecule has 0 aromatic rings. The van der Waals surface area contributed by atoms with Crippen LogP contribution in [0.15, 0.2) is 11.8 Å². The Morgan fingerprint density at radius 2 is 2.33 bits per heavy atom. The van der Waals surface area contributed by atoms with Gasteiger partial charge in [-0.3, -0.25) is 4.79 Å². The number of nitrogens with two attached hydrogens (primary N) is 1. The highest BCUT2D eigenvalue weighted by Gasteiger charge is 2.36. The largest absolute Gasteiger partial charge is 0.314 e. The molecule has 7 heteroatoms. The van der Waals surface area contributed by atoms with Gasteiger partial charge in [-0.05, 0) is 6.92 Å². The van der Waals surface area contributed by atoms with Crippen LogP contribution >= 0.6 is 0 Å². The molecule has 15 heavy (non-hydrogen) atoms. The molecule has 82 valence electrons. The molecule has 6 nitrogen and oxygen atoms in total. The van der Waals surface area contributed by atoms with Gasteiger partial charge in [-0.25, -0.2) is 13.6 Å². The first-order valence-electron chi connectivity index (χ1n) is 4.24. The van der Waals surface area contributed by atoms with Crippen molar-refractivity contribution in [2.45, 2.75) is 18.6 Å². The number of allylic oxidation sites excluding steroid dienone is 2. The number of rotatable bonds is 2. The summed E-state index contributed by atoms with van der Waals surface area (Å²) < 4.78 is 22.0. The molecule has 1 aliphatic heterocycles. The van der Waals surface area contributed by atoms with E-state index in [-0.39, 0.29) is 18.9 Å². The van der Waals surface area contributed by atoms with Crippen LogP contribution in [0.2, 0.25) is 0 Å². The molecular formula is C8H11N3O3S. The average Bonchev–Trinajstić information content (AvgIpc) is 2.47. The summed E-state index contributed by atoms with van der Waals surface area (Å²) in [5.74, 6) is -0.321. The van der Waals surface area contributed by atoms with E-state index in [1.807, 2.05) is 0 Å². The number of likely N-dealkylation sites (tertiary alicyclic amines) is 1. The lowest BCUT2D eigenvalue weighted by atomic mass is 10.4. The quantitative estimate of drug-likeness (QED) is 0.632. The fourth-order valence-corrected chi connectivity index (χ4v) is 2.14. The molecule has 0 aromatic carbocycles. The second-order valence-corrected chi connectivity index (χ2v) is 5.18. The molecular weight excluding hydrogens is 218 g/mol. The van der Waals surface area contributed by atoms with Crippen molar-refractivity contribution in [3.63, 3.8) is 0 Å². The van der Waals surface area contributed by atoms with Gasteiger partial charge in [0.25, 0.3) is 0 Å². The van der Waals surface area contributed by atoms with Crippen molar-refractivity contribution in [3.05, 3.63) is 11.8 Å². The number of primary sulfonamides is 1. The van der Waals surface area contributed by atoms with Gasteiger partial charge in [0, 0.05) is 24.7 Å². The van der Waals surface area contributed by atoms with E-state index < -0.39 is 15.3 Å². The third-order valence-electron chi connectivity index (χ3n) is 2.25. The molecule has 0 spiro atoms. The minimum atomic E-state index is -3.69. The Balaban J connectivity index is 2.88. The van der Waals surface area contributed by atoms with Gasteiger partial charge in [-0.2, -0.15) is 5.26 Å². The molecule has 0 aromatic heterocycles. The lowest BCUT2D eigenvalue weighted by molar-refractivity contribution is -0.126. The van der Waals surface area contributed by atoms with Crippen molar-refractivity contribution in [1.29, 1.82) is 5.26 Å². The summed E-state index contributed by atoms with van der Waals surface area (Å²) >= 11 is 0. The lowest BCUT2D eigenvalue weighted by Gasteiger charge is -2.15. The molecule has 1 heterocycles. The summed E-state index contributed by atoms with van der Waals surface area (Å²) in [6.07, 6.45) is 1.08. The van der Waals surface area contributed by atoms with Crippen LogP contribution in [0.3, 0.4) is 0 Å². The van der Waals surface area contributed by atoms with Crippen LogP contribution in [-0.2, 0) is 14.8 Å². The Bertz CT molecular complexity index is 446. The van der Waals surface area contributed by atoms with Crippen molar-refractivity contribution in [3.8, 4) is 6.07 Å². The van der Waals surface area contributed by atoms with E-state index in [9.17, 15) is 13.2 Å². The monoisotopic (exact) mass is 229 g/mol. The van der Waals surface area contributed by atoms with Gasteiger partial charge < -0.3 is 4.90 Å². The highest BCUT2D eigenvalue weighted by Crippen LogP contribution is 2.20. The van der Waals surface area contributed by atoms with E-state index in [0.29, 0.717) is 5.70 Å². The zero-order valence-corrected chi connectivity index (χ0v) is 8.99. The number of carbonyl (C=O) groups is 1. The van der Waals surface area contributed by atoms with Gasteiger partial charge in [-0.1, -0.05) is 0 Å². The van der Waals surface area contributed by atoms with Crippen molar-refractivity contribution in [2.75, 3.05) is 6.54 Å².